The van der Waals surface area contributed by atoms with Gasteiger partial charge in [-0.25, -0.2) is 4.79 Å². The molecule has 0 spiro atoms. The molecule has 1 aromatic rings. The molecule has 2 aliphatic heterocycles. The summed E-state index contributed by atoms with van der Waals surface area (Å²) in [6, 6.07) is 7.64. The molecule has 21 heavy (non-hydrogen) atoms. The second-order valence-electron chi connectivity index (χ2n) is 5.47. The third-order valence-corrected chi connectivity index (χ3v) is 5.44. The fourth-order valence-electron chi connectivity index (χ4n) is 3.14. The van der Waals surface area contributed by atoms with E-state index in [1.165, 1.54) is 12.0 Å². The zero-order valence-electron chi connectivity index (χ0n) is 12.1. The summed E-state index contributed by atoms with van der Waals surface area (Å²) in [6.45, 7) is 0.655. The molecule has 112 valence electrons. The van der Waals surface area contributed by atoms with Crippen LogP contribution in [0, 0.1) is 0 Å². The Morgan fingerprint density at radius 2 is 2.10 bits per heavy atom. The van der Waals surface area contributed by atoms with Crippen LogP contribution in [0.15, 0.2) is 29.2 Å². The van der Waals surface area contributed by atoms with Gasteiger partial charge >= 0.3 is 5.97 Å². The number of hydrogen-bond acceptors (Lipinski definition) is 4. The van der Waals surface area contributed by atoms with Gasteiger partial charge in [0.05, 0.1) is 13.0 Å². The van der Waals surface area contributed by atoms with Crippen molar-refractivity contribution in [2.24, 2.45) is 0 Å². The molecular formula is C16H19NO3S. The predicted molar refractivity (Wildman–Crippen MR) is 81.3 cm³/mol. The van der Waals surface area contributed by atoms with Crippen LogP contribution < -0.4 is 0 Å². The van der Waals surface area contributed by atoms with Crippen LogP contribution in [0.25, 0.3) is 0 Å². The van der Waals surface area contributed by atoms with Crippen LogP contribution in [0.3, 0.4) is 0 Å². The lowest BCUT2D eigenvalue weighted by molar-refractivity contribution is -0.155. The quantitative estimate of drug-likeness (QED) is 0.787. The summed E-state index contributed by atoms with van der Waals surface area (Å²) in [7, 11) is 1.39. The van der Waals surface area contributed by atoms with E-state index in [1.807, 2.05) is 18.2 Å². The summed E-state index contributed by atoms with van der Waals surface area (Å²) in [5.41, 5.74) is 1.10. The summed E-state index contributed by atoms with van der Waals surface area (Å²) in [5, 5.41) is 0. The standard InChI is InChI=1S/C16H19NO3S/c1-20-16(19)13-7-4-5-9-17(13)15(18)12-10-21-14-8-3-2-6-11(12)14/h2-3,6,8,12-13H,4-5,7,9-10H2,1H3. The van der Waals surface area contributed by atoms with E-state index in [4.69, 9.17) is 4.74 Å². The number of carbonyl (C=O) groups excluding carboxylic acids is 2. The first-order chi connectivity index (χ1) is 10.2. The first kappa shape index (κ1) is 14.4. The number of benzene rings is 1. The molecule has 5 heteroatoms. The molecule has 1 amide bonds. The molecule has 0 N–H and O–H groups in total. The molecule has 0 aliphatic carbocycles. The van der Waals surface area contributed by atoms with Gasteiger partial charge in [-0.15, -0.1) is 11.8 Å². The Kier molecular flexibility index (Phi) is 4.19. The van der Waals surface area contributed by atoms with Crippen LogP contribution in [0.1, 0.15) is 30.7 Å². The molecule has 0 saturated carbocycles. The maximum atomic E-state index is 12.9. The topological polar surface area (TPSA) is 46.6 Å². The third-order valence-electron chi connectivity index (χ3n) is 4.26. The molecular weight excluding hydrogens is 286 g/mol. The number of carbonyl (C=O) groups is 2. The van der Waals surface area contributed by atoms with Crippen LogP contribution in [0.4, 0.5) is 0 Å². The number of methoxy groups -OCH3 is 1. The molecule has 0 bridgehead atoms. The van der Waals surface area contributed by atoms with E-state index in [0.717, 1.165) is 24.2 Å². The zero-order chi connectivity index (χ0) is 14.8. The fraction of sp³-hybridized carbons (Fsp3) is 0.500. The number of nitrogens with zero attached hydrogens (tertiary/aromatic N) is 1. The SMILES string of the molecule is COC(=O)C1CCCCN1C(=O)C1CSc2ccccc21. The number of hydrogen-bond donors (Lipinski definition) is 0. The molecule has 2 unspecified atom stereocenters. The zero-order valence-corrected chi connectivity index (χ0v) is 12.9. The van der Waals surface area contributed by atoms with Gasteiger partial charge in [-0.05, 0) is 30.9 Å². The maximum Gasteiger partial charge on any atom is 0.328 e. The van der Waals surface area contributed by atoms with E-state index in [-0.39, 0.29) is 17.8 Å². The number of piperidine rings is 1. The van der Waals surface area contributed by atoms with E-state index in [0.29, 0.717) is 13.0 Å². The predicted octanol–water partition coefficient (Wildman–Crippen LogP) is 2.43. The van der Waals surface area contributed by atoms with Gasteiger partial charge in [0.2, 0.25) is 5.91 Å². The van der Waals surface area contributed by atoms with Gasteiger partial charge in [0.1, 0.15) is 6.04 Å². The van der Waals surface area contributed by atoms with Crippen molar-refractivity contribution in [2.75, 3.05) is 19.4 Å². The maximum absolute atomic E-state index is 12.9. The molecule has 1 fully saturated rings. The smallest absolute Gasteiger partial charge is 0.328 e. The minimum atomic E-state index is -0.408. The van der Waals surface area contributed by atoms with Gasteiger partial charge in [0, 0.05) is 17.2 Å². The summed E-state index contributed by atoms with van der Waals surface area (Å²) in [6.07, 6.45) is 2.64. The van der Waals surface area contributed by atoms with Crippen molar-refractivity contribution in [3.05, 3.63) is 29.8 Å². The van der Waals surface area contributed by atoms with Crippen LogP contribution in [0.2, 0.25) is 0 Å². The number of fused-ring (bicyclic) bond motifs is 1. The number of thioether (sulfide) groups is 1. The van der Waals surface area contributed by atoms with Gasteiger partial charge in [0.25, 0.3) is 0 Å². The third kappa shape index (κ3) is 2.67. The Morgan fingerprint density at radius 1 is 1.29 bits per heavy atom. The first-order valence-electron chi connectivity index (χ1n) is 7.32. The van der Waals surface area contributed by atoms with E-state index < -0.39 is 6.04 Å². The van der Waals surface area contributed by atoms with E-state index in [9.17, 15) is 9.59 Å². The minimum absolute atomic E-state index is 0.0718. The molecule has 0 aromatic heterocycles. The lowest BCUT2D eigenvalue weighted by Gasteiger charge is -2.35. The average Bonchev–Trinajstić information content (AvgIpc) is 2.97. The Labute approximate surface area is 128 Å². The molecule has 1 saturated heterocycles. The highest BCUT2D eigenvalue weighted by atomic mass is 32.2. The van der Waals surface area contributed by atoms with E-state index in [2.05, 4.69) is 6.07 Å². The summed E-state index contributed by atoms with van der Waals surface area (Å²) >= 11 is 1.72. The number of ether oxygens (including phenoxy) is 1. The molecule has 4 nitrogen and oxygen atoms in total. The second-order valence-corrected chi connectivity index (χ2v) is 6.53. The average molecular weight is 305 g/mol. The van der Waals surface area contributed by atoms with Crippen LogP contribution in [0.5, 0.6) is 0 Å². The highest BCUT2D eigenvalue weighted by molar-refractivity contribution is 7.99. The number of rotatable bonds is 2. The molecule has 2 aliphatic rings. The molecule has 0 radical (unpaired) electrons. The van der Waals surface area contributed by atoms with Crippen LogP contribution >= 0.6 is 11.8 Å². The number of amides is 1. The van der Waals surface area contributed by atoms with Crippen LogP contribution in [-0.4, -0.2) is 42.2 Å². The van der Waals surface area contributed by atoms with E-state index >= 15 is 0 Å². The number of likely N-dealkylation sites (tertiary alicyclic amines) is 1. The Morgan fingerprint density at radius 3 is 2.90 bits per heavy atom. The molecule has 2 heterocycles. The lowest BCUT2D eigenvalue weighted by atomic mass is 9.95. The summed E-state index contributed by atoms with van der Waals surface area (Å²) in [5.74, 6) is 0.420. The van der Waals surface area contributed by atoms with Gasteiger partial charge in [-0.2, -0.15) is 0 Å². The van der Waals surface area contributed by atoms with Crippen molar-refractivity contribution in [2.45, 2.75) is 36.1 Å². The largest absolute Gasteiger partial charge is 0.467 e. The Balaban J connectivity index is 1.82. The second kappa shape index (κ2) is 6.10. The monoisotopic (exact) mass is 305 g/mol. The Bertz CT molecular complexity index is 560. The van der Waals surface area contributed by atoms with Gasteiger partial charge in [0.15, 0.2) is 0 Å². The first-order valence-corrected chi connectivity index (χ1v) is 8.31. The van der Waals surface area contributed by atoms with Crippen molar-refractivity contribution in [3.8, 4) is 0 Å². The minimum Gasteiger partial charge on any atom is -0.467 e. The van der Waals surface area contributed by atoms with Gasteiger partial charge in [-0.3, -0.25) is 4.79 Å². The van der Waals surface area contributed by atoms with Crippen molar-refractivity contribution >= 4 is 23.6 Å². The number of esters is 1. The summed E-state index contributed by atoms with van der Waals surface area (Å²) in [4.78, 5) is 27.7. The normalized spacial score (nSPS) is 24.5. The highest BCUT2D eigenvalue weighted by Crippen LogP contribution is 2.40. The molecule has 1 aromatic carbocycles. The van der Waals surface area contributed by atoms with Crippen molar-refractivity contribution < 1.29 is 14.3 Å². The van der Waals surface area contributed by atoms with E-state index in [1.54, 1.807) is 16.7 Å². The van der Waals surface area contributed by atoms with Crippen molar-refractivity contribution in [1.82, 2.24) is 4.90 Å². The van der Waals surface area contributed by atoms with Gasteiger partial charge in [-0.1, -0.05) is 18.2 Å². The summed E-state index contributed by atoms with van der Waals surface area (Å²) < 4.78 is 4.86. The highest BCUT2D eigenvalue weighted by Gasteiger charge is 2.38. The van der Waals surface area contributed by atoms with Crippen molar-refractivity contribution in [3.63, 3.8) is 0 Å². The lowest BCUT2D eigenvalue weighted by Crippen LogP contribution is -2.50. The molecule has 3 rings (SSSR count). The fourth-order valence-corrected chi connectivity index (χ4v) is 4.36. The van der Waals surface area contributed by atoms with Crippen LogP contribution in [-0.2, 0) is 14.3 Å². The Hall–Kier alpha value is -1.49. The van der Waals surface area contributed by atoms with Gasteiger partial charge < -0.3 is 9.64 Å². The van der Waals surface area contributed by atoms with Crippen molar-refractivity contribution in [1.29, 1.82) is 0 Å². The molecule has 2 atom stereocenters.